The smallest absolute Gasteiger partial charge is 0.399 e. The predicted octanol–water partition coefficient (Wildman–Crippen LogP) is 7.35. The van der Waals surface area contributed by atoms with Crippen LogP contribution in [0.4, 0.5) is 18.9 Å². The molecule has 4 N–H and O–H groups in total. The van der Waals surface area contributed by atoms with Crippen LogP contribution in [-0.2, 0) is 12.6 Å². The summed E-state index contributed by atoms with van der Waals surface area (Å²) < 4.78 is 37.1. The Morgan fingerprint density at radius 2 is 1.47 bits per heavy atom. The Bertz CT molecular complexity index is 980. The Labute approximate surface area is 188 Å². The molecule has 0 bridgehead atoms. The molecule has 1 heterocycles. The molecule has 1 aliphatic rings. The van der Waals surface area contributed by atoms with Crippen molar-refractivity contribution in [1.82, 2.24) is 4.98 Å². The fraction of sp³-hybridized carbons (Fsp3) is 0.346. The van der Waals surface area contributed by atoms with Crippen molar-refractivity contribution in [2.45, 2.75) is 58.0 Å². The summed E-state index contributed by atoms with van der Waals surface area (Å²) in [5, 5.41) is 0.533. The van der Waals surface area contributed by atoms with Gasteiger partial charge in [0.05, 0.1) is 5.52 Å². The summed E-state index contributed by atoms with van der Waals surface area (Å²) in [5.74, 6) is 0. The van der Waals surface area contributed by atoms with E-state index in [1.807, 2.05) is 12.1 Å². The third kappa shape index (κ3) is 7.91. The molecule has 32 heavy (non-hydrogen) atoms. The number of nitrogen functional groups attached to an aromatic ring is 1. The molecule has 3 aromatic rings. The zero-order valence-corrected chi connectivity index (χ0v) is 18.6. The second kappa shape index (κ2) is 12.1. The molecule has 3 nitrogen and oxygen atoms in total. The largest absolute Gasteiger partial charge is 0.433 e. The first-order valence-electron chi connectivity index (χ1n) is 11.0. The molecule has 2 aromatic carbocycles. The number of aromatic nitrogens is 1. The SMILES string of the molecule is C1CCCCC1.C=C(N)c1ccc(CC)cc1.Nc1cc(C(F)(F)F)nc2ccccc12. The summed E-state index contributed by atoms with van der Waals surface area (Å²) >= 11 is 0. The highest BCUT2D eigenvalue weighted by Gasteiger charge is 2.33. The van der Waals surface area contributed by atoms with Crippen molar-refractivity contribution in [2.75, 3.05) is 5.73 Å². The first kappa shape index (κ1) is 25.2. The van der Waals surface area contributed by atoms with Crippen LogP contribution in [-0.4, -0.2) is 4.98 Å². The Morgan fingerprint density at radius 1 is 0.938 bits per heavy atom. The van der Waals surface area contributed by atoms with Crippen LogP contribution in [0.25, 0.3) is 16.6 Å². The van der Waals surface area contributed by atoms with Crippen LogP contribution in [0.3, 0.4) is 0 Å². The van der Waals surface area contributed by atoms with Crippen molar-refractivity contribution in [3.63, 3.8) is 0 Å². The molecule has 4 rings (SSSR count). The van der Waals surface area contributed by atoms with E-state index in [4.69, 9.17) is 11.5 Å². The average molecular weight is 444 g/mol. The van der Waals surface area contributed by atoms with Crippen LogP contribution in [0.2, 0.25) is 0 Å². The minimum atomic E-state index is -4.46. The lowest BCUT2D eigenvalue weighted by molar-refractivity contribution is -0.140. The maximum Gasteiger partial charge on any atom is 0.433 e. The first-order chi connectivity index (χ1) is 15.2. The monoisotopic (exact) mass is 443 g/mol. The Hall–Kier alpha value is -3.02. The molecule has 1 fully saturated rings. The normalized spacial score (nSPS) is 13.4. The Kier molecular flexibility index (Phi) is 9.57. The molecule has 1 aromatic heterocycles. The fourth-order valence-electron chi connectivity index (χ4n) is 3.36. The molecule has 0 aliphatic heterocycles. The van der Waals surface area contributed by atoms with Crippen LogP contribution in [0.15, 0.2) is 61.2 Å². The molecule has 0 spiro atoms. The number of rotatable bonds is 2. The number of anilines is 1. The lowest BCUT2D eigenvalue weighted by Gasteiger charge is -2.08. The van der Waals surface area contributed by atoms with Gasteiger partial charge >= 0.3 is 6.18 Å². The van der Waals surface area contributed by atoms with Gasteiger partial charge in [-0.1, -0.05) is 94.5 Å². The third-order valence-corrected chi connectivity index (χ3v) is 5.27. The predicted molar refractivity (Wildman–Crippen MR) is 128 cm³/mol. The number of pyridine rings is 1. The second-order valence-electron chi connectivity index (χ2n) is 7.81. The van der Waals surface area contributed by atoms with E-state index in [0.717, 1.165) is 18.1 Å². The Balaban J connectivity index is 0.000000187. The van der Waals surface area contributed by atoms with E-state index in [1.165, 1.54) is 50.2 Å². The summed E-state index contributed by atoms with van der Waals surface area (Å²) in [7, 11) is 0. The van der Waals surface area contributed by atoms with E-state index in [-0.39, 0.29) is 11.2 Å². The molecule has 172 valence electrons. The maximum absolute atomic E-state index is 12.4. The van der Waals surface area contributed by atoms with Gasteiger partial charge in [0.2, 0.25) is 0 Å². The quantitative estimate of drug-likeness (QED) is 0.435. The number of aryl methyl sites for hydroxylation is 1. The summed E-state index contributed by atoms with van der Waals surface area (Å²) in [6, 6.07) is 15.5. The van der Waals surface area contributed by atoms with E-state index < -0.39 is 11.9 Å². The number of fused-ring (bicyclic) bond motifs is 1. The molecule has 0 saturated heterocycles. The van der Waals surface area contributed by atoms with Crippen LogP contribution in [0.5, 0.6) is 0 Å². The minimum Gasteiger partial charge on any atom is -0.399 e. The topological polar surface area (TPSA) is 64.9 Å². The molecule has 0 amide bonds. The zero-order chi connectivity index (χ0) is 23.6. The van der Waals surface area contributed by atoms with Crippen molar-refractivity contribution in [2.24, 2.45) is 5.73 Å². The number of nitrogens with two attached hydrogens (primary N) is 2. The maximum atomic E-state index is 12.4. The highest BCUT2D eigenvalue weighted by atomic mass is 19.4. The van der Waals surface area contributed by atoms with Gasteiger partial charge in [-0.2, -0.15) is 13.2 Å². The van der Waals surface area contributed by atoms with Crippen molar-refractivity contribution < 1.29 is 13.2 Å². The first-order valence-corrected chi connectivity index (χ1v) is 11.0. The standard InChI is InChI=1S/C10H7F3N2.C10H13N.C6H12/c11-10(12,13)9-5-7(14)6-3-1-2-4-8(6)15-9;1-3-9-4-6-10(7-5-9)8(2)11;1-2-4-6-5-3-1/h1-5H,(H2,14,15);4-7H,2-3,11H2,1H3;1-6H2. The van der Waals surface area contributed by atoms with Gasteiger partial charge < -0.3 is 11.5 Å². The van der Waals surface area contributed by atoms with E-state index in [9.17, 15) is 13.2 Å². The number of hydrogen-bond donors (Lipinski definition) is 2. The molecule has 1 aliphatic carbocycles. The molecule has 0 atom stereocenters. The summed E-state index contributed by atoms with van der Waals surface area (Å²) in [6.07, 6.45) is 5.61. The number of hydrogen-bond acceptors (Lipinski definition) is 3. The van der Waals surface area contributed by atoms with Crippen molar-refractivity contribution in [3.05, 3.63) is 78.0 Å². The Morgan fingerprint density at radius 3 is 1.94 bits per heavy atom. The van der Waals surface area contributed by atoms with Gasteiger partial charge in [0.1, 0.15) is 5.69 Å². The molecule has 6 heteroatoms. The number of alkyl halides is 3. The van der Waals surface area contributed by atoms with Crippen LogP contribution in [0.1, 0.15) is 62.3 Å². The highest BCUT2D eigenvalue weighted by molar-refractivity contribution is 5.90. The van der Waals surface area contributed by atoms with E-state index in [2.05, 4.69) is 30.6 Å². The number of benzene rings is 2. The fourth-order valence-corrected chi connectivity index (χ4v) is 3.36. The lowest BCUT2D eigenvalue weighted by Crippen LogP contribution is -2.08. The van der Waals surface area contributed by atoms with Gasteiger partial charge in [-0.05, 0) is 29.7 Å². The molecular formula is C26H32F3N3. The van der Waals surface area contributed by atoms with Gasteiger partial charge in [0, 0.05) is 16.8 Å². The molecule has 0 unspecified atom stereocenters. The minimum absolute atomic E-state index is 0.0907. The summed E-state index contributed by atoms with van der Waals surface area (Å²) in [5.41, 5.74) is 13.4. The second-order valence-corrected chi connectivity index (χ2v) is 7.81. The lowest BCUT2D eigenvalue weighted by atomic mass is 10.0. The molecule has 1 saturated carbocycles. The number of para-hydroxylation sites is 1. The van der Waals surface area contributed by atoms with Crippen LogP contribution in [0, 0.1) is 0 Å². The van der Waals surface area contributed by atoms with Gasteiger partial charge in [0.25, 0.3) is 0 Å². The van der Waals surface area contributed by atoms with Gasteiger partial charge in [-0.25, -0.2) is 4.98 Å². The van der Waals surface area contributed by atoms with Gasteiger partial charge in [0.15, 0.2) is 0 Å². The van der Waals surface area contributed by atoms with Crippen molar-refractivity contribution in [1.29, 1.82) is 0 Å². The third-order valence-electron chi connectivity index (χ3n) is 5.27. The summed E-state index contributed by atoms with van der Waals surface area (Å²) in [6.45, 7) is 5.79. The van der Waals surface area contributed by atoms with Gasteiger partial charge in [-0.3, -0.25) is 0 Å². The highest BCUT2D eigenvalue weighted by Crippen LogP contribution is 2.31. The van der Waals surface area contributed by atoms with E-state index >= 15 is 0 Å². The summed E-state index contributed by atoms with van der Waals surface area (Å²) in [4.78, 5) is 3.50. The number of nitrogens with zero attached hydrogens (tertiary/aromatic N) is 1. The van der Waals surface area contributed by atoms with Gasteiger partial charge in [-0.15, -0.1) is 0 Å². The molecule has 0 radical (unpaired) electrons. The molecular weight excluding hydrogens is 411 g/mol. The van der Waals surface area contributed by atoms with Crippen LogP contribution < -0.4 is 11.5 Å². The number of halogens is 3. The van der Waals surface area contributed by atoms with Crippen molar-refractivity contribution >= 4 is 22.3 Å². The van der Waals surface area contributed by atoms with E-state index in [0.29, 0.717) is 11.1 Å². The van der Waals surface area contributed by atoms with E-state index in [1.54, 1.807) is 18.2 Å². The average Bonchev–Trinajstić information content (AvgIpc) is 2.80. The van der Waals surface area contributed by atoms with Crippen LogP contribution >= 0.6 is 0 Å². The zero-order valence-electron chi connectivity index (χ0n) is 18.6. The van der Waals surface area contributed by atoms with Crippen molar-refractivity contribution in [3.8, 4) is 0 Å².